The van der Waals surface area contributed by atoms with E-state index in [2.05, 4.69) is 10.1 Å². The summed E-state index contributed by atoms with van der Waals surface area (Å²) in [6.07, 6.45) is 1.53. The lowest BCUT2D eigenvalue weighted by Gasteiger charge is -2.14. The summed E-state index contributed by atoms with van der Waals surface area (Å²) in [5, 5.41) is 5.13. The van der Waals surface area contributed by atoms with Crippen molar-refractivity contribution in [3.05, 3.63) is 58.6 Å². The van der Waals surface area contributed by atoms with Crippen LogP contribution in [0.2, 0.25) is 10.0 Å². The smallest absolute Gasteiger partial charge is 0.211 e. The van der Waals surface area contributed by atoms with Crippen LogP contribution in [-0.4, -0.2) is 44.1 Å². The van der Waals surface area contributed by atoms with E-state index in [0.717, 1.165) is 12.5 Å². The van der Waals surface area contributed by atoms with Crippen LogP contribution in [0.3, 0.4) is 0 Å². The number of nitrogens with zero attached hydrogens (tertiary/aromatic N) is 4. The molecule has 0 aliphatic heterocycles. The average Bonchev–Trinajstić information content (AvgIpc) is 2.97. The summed E-state index contributed by atoms with van der Waals surface area (Å²) in [7, 11) is -8.38. The zero-order chi connectivity index (χ0) is 20.7. The predicted octanol–water partition coefficient (Wildman–Crippen LogP) is 2.97. The lowest BCUT2D eigenvalue weighted by Crippen LogP contribution is -2.36. The number of hydrogen-bond donors (Lipinski definition) is 0. The SMILES string of the molecule is CS(=O)(=O)N(c1nc(-c2ccc(Cl)cc2)n(-c2ccc(Cl)cc2)n1)S(C)(=O)=O. The van der Waals surface area contributed by atoms with E-state index in [1.54, 1.807) is 48.5 Å². The third kappa shape index (κ3) is 4.30. The topological polar surface area (TPSA) is 102 Å². The number of rotatable bonds is 5. The first-order valence-electron chi connectivity index (χ1n) is 7.66. The molecule has 0 radical (unpaired) electrons. The molecule has 0 aliphatic carbocycles. The van der Waals surface area contributed by atoms with Gasteiger partial charge in [0, 0.05) is 15.6 Å². The Morgan fingerprint density at radius 1 is 0.821 bits per heavy atom. The Hall–Kier alpha value is -2.14. The maximum atomic E-state index is 12.1. The minimum absolute atomic E-state index is 0.186. The van der Waals surface area contributed by atoms with Gasteiger partial charge in [0.1, 0.15) is 0 Å². The van der Waals surface area contributed by atoms with Crippen molar-refractivity contribution in [1.82, 2.24) is 14.8 Å². The van der Waals surface area contributed by atoms with Crippen LogP contribution < -0.4 is 3.71 Å². The molecule has 148 valence electrons. The van der Waals surface area contributed by atoms with Gasteiger partial charge in [-0.15, -0.1) is 8.81 Å². The second-order valence-electron chi connectivity index (χ2n) is 5.85. The van der Waals surface area contributed by atoms with Crippen LogP contribution in [0.25, 0.3) is 17.1 Å². The summed E-state index contributed by atoms with van der Waals surface area (Å²) in [4.78, 5) is 4.19. The van der Waals surface area contributed by atoms with Gasteiger partial charge in [0.2, 0.25) is 20.0 Å². The fourth-order valence-corrected chi connectivity index (χ4v) is 5.44. The van der Waals surface area contributed by atoms with E-state index in [0.29, 0.717) is 21.3 Å². The molecule has 12 heteroatoms. The van der Waals surface area contributed by atoms with E-state index in [4.69, 9.17) is 23.2 Å². The Morgan fingerprint density at radius 2 is 1.29 bits per heavy atom. The molecule has 0 bridgehead atoms. The van der Waals surface area contributed by atoms with Gasteiger partial charge >= 0.3 is 0 Å². The Bertz CT molecular complexity index is 1130. The van der Waals surface area contributed by atoms with E-state index < -0.39 is 26.0 Å². The molecule has 3 rings (SSSR count). The zero-order valence-corrected chi connectivity index (χ0v) is 17.8. The molecule has 0 fully saturated rings. The van der Waals surface area contributed by atoms with Crippen LogP contribution in [0.15, 0.2) is 48.5 Å². The van der Waals surface area contributed by atoms with Crippen molar-refractivity contribution in [3.8, 4) is 17.1 Å². The third-order valence-electron chi connectivity index (χ3n) is 3.54. The molecular formula is C16H14Cl2N4O4S2. The molecule has 0 spiro atoms. The van der Waals surface area contributed by atoms with Gasteiger partial charge in [0.25, 0.3) is 5.95 Å². The van der Waals surface area contributed by atoms with E-state index in [1.165, 1.54) is 4.68 Å². The van der Waals surface area contributed by atoms with Crippen molar-refractivity contribution in [2.24, 2.45) is 0 Å². The second kappa shape index (κ2) is 7.36. The van der Waals surface area contributed by atoms with Crippen molar-refractivity contribution in [1.29, 1.82) is 0 Å². The standard InChI is InChI=1S/C16H14Cl2N4O4S2/c1-27(23,24)22(28(2,25)26)16-19-15(11-3-5-12(17)6-4-11)21(20-16)14-9-7-13(18)8-10-14/h3-10H,1-2H3. The summed E-state index contributed by atoms with van der Waals surface area (Å²) < 4.78 is 49.9. The monoisotopic (exact) mass is 460 g/mol. The van der Waals surface area contributed by atoms with Gasteiger partial charge in [-0.1, -0.05) is 23.2 Å². The van der Waals surface area contributed by atoms with Crippen LogP contribution in [0.1, 0.15) is 0 Å². The number of aromatic nitrogens is 3. The van der Waals surface area contributed by atoms with E-state index in [9.17, 15) is 16.8 Å². The molecule has 0 N–H and O–H groups in total. The molecule has 0 aliphatic rings. The number of benzene rings is 2. The van der Waals surface area contributed by atoms with Crippen LogP contribution in [0.4, 0.5) is 5.95 Å². The summed E-state index contributed by atoms with van der Waals surface area (Å²) in [6.45, 7) is 0. The van der Waals surface area contributed by atoms with Crippen LogP contribution in [0.5, 0.6) is 0 Å². The molecule has 0 saturated heterocycles. The third-order valence-corrected chi connectivity index (χ3v) is 7.20. The Balaban J connectivity index is 2.28. The first-order valence-corrected chi connectivity index (χ1v) is 12.1. The minimum atomic E-state index is -4.19. The highest BCUT2D eigenvalue weighted by molar-refractivity contribution is 8.09. The van der Waals surface area contributed by atoms with Crippen molar-refractivity contribution in [3.63, 3.8) is 0 Å². The highest BCUT2D eigenvalue weighted by Crippen LogP contribution is 2.27. The van der Waals surface area contributed by atoms with Crippen molar-refractivity contribution < 1.29 is 16.8 Å². The predicted molar refractivity (Wildman–Crippen MR) is 109 cm³/mol. The average molecular weight is 461 g/mol. The fourth-order valence-electron chi connectivity index (χ4n) is 2.47. The Kier molecular flexibility index (Phi) is 5.41. The molecule has 1 aromatic heterocycles. The van der Waals surface area contributed by atoms with Gasteiger partial charge in [-0.05, 0) is 48.5 Å². The van der Waals surface area contributed by atoms with Gasteiger partial charge in [0.15, 0.2) is 5.82 Å². The molecule has 28 heavy (non-hydrogen) atoms. The summed E-state index contributed by atoms with van der Waals surface area (Å²) in [5.74, 6) is -0.267. The summed E-state index contributed by atoms with van der Waals surface area (Å²) in [6, 6.07) is 13.1. The van der Waals surface area contributed by atoms with Gasteiger partial charge < -0.3 is 0 Å². The molecule has 0 saturated carbocycles. The maximum absolute atomic E-state index is 12.1. The molecular weight excluding hydrogens is 447 g/mol. The minimum Gasteiger partial charge on any atom is -0.211 e. The summed E-state index contributed by atoms with van der Waals surface area (Å²) in [5.41, 5.74) is 1.06. The van der Waals surface area contributed by atoms with Gasteiger partial charge in [-0.3, -0.25) is 0 Å². The number of anilines is 1. The number of halogens is 2. The van der Waals surface area contributed by atoms with Gasteiger partial charge in [-0.25, -0.2) is 21.5 Å². The molecule has 1 heterocycles. The lowest BCUT2D eigenvalue weighted by atomic mass is 10.2. The molecule has 8 nitrogen and oxygen atoms in total. The molecule has 2 aromatic carbocycles. The van der Waals surface area contributed by atoms with E-state index >= 15 is 0 Å². The number of sulfonamides is 2. The largest absolute Gasteiger partial charge is 0.273 e. The van der Waals surface area contributed by atoms with Crippen molar-refractivity contribution in [2.45, 2.75) is 0 Å². The second-order valence-corrected chi connectivity index (χ2v) is 10.6. The lowest BCUT2D eigenvalue weighted by molar-refractivity contribution is 0.589. The normalized spacial score (nSPS) is 12.1. The van der Waals surface area contributed by atoms with Gasteiger partial charge in [0.05, 0.1) is 18.2 Å². The van der Waals surface area contributed by atoms with Crippen LogP contribution >= 0.6 is 23.2 Å². The molecule has 0 unspecified atom stereocenters. The van der Waals surface area contributed by atoms with E-state index in [1.807, 2.05) is 0 Å². The van der Waals surface area contributed by atoms with Crippen molar-refractivity contribution in [2.75, 3.05) is 16.2 Å². The first-order chi connectivity index (χ1) is 13.0. The Labute approximate surface area is 172 Å². The summed E-state index contributed by atoms with van der Waals surface area (Å²) >= 11 is 11.8. The molecule has 0 amide bonds. The molecule has 3 aromatic rings. The zero-order valence-electron chi connectivity index (χ0n) is 14.6. The maximum Gasteiger partial charge on any atom is 0.273 e. The highest BCUT2D eigenvalue weighted by atomic mass is 35.5. The number of hydrogen-bond acceptors (Lipinski definition) is 6. The van der Waals surface area contributed by atoms with Crippen molar-refractivity contribution >= 4 is 49.2 Å². The first kappa shape index (κ1) is 20.6. The Morgan fingerprint density at radius 3 is 1.75 bits per heavy atom. The highest BCUT2D eigenvalue weighted by Gasteiger charge is 2.32. The fraction of sp³-hybridized carbons (Fsp3) is 0.125. The molecule has 0 atom stereocenters. The van der Waals surface area contributed by atoms with E-state index in [-0.39, 0.29) is 9.53 Å². The van der Waals surface area contributed by atoms with Crippen LogP contribution in [-0.2, 0) is 20.0 Å². The quantitative estimate of drug-likeness (QED) is 0.579. The van der Waals surface area contributed by atoms with Crippen LogP contribution in [0, 0.1) is 0 Å². The van der Waals surface area contributed by atoms with Gasteiger partial charge in [-0.2, -0.15) is 4.98 Å².